The Balaban J connectivity index is 1.46. The standard InChI is InChI=1S/C25H21N3O3/c1-16-6-7-18-4-2-3-5-22(18)28(16)23(29)19-8-9-20-21(14-19)25(31)27(24(20)30)15-17-10-12-26-13-11-17/h2-5,8-14,16H,6-7,15H2,1H3/t16-/m1/s1. The molecule has 6 nitrogen and oxygen atoms in total. The number of aryl methyl sites for hydroxylation is 1. The summed E-state index contributed by atoms with van der Waals surface area (Å²) in [5.74, 6) is -0.874. The summed E-state index contributed by atoms with van der Waals surface area (Å²) in [5.41, 5.74) is 3.90. The van der Waals surface area contributed by atoms with Crippen molar-refractivity contribution < 1.29 is 14.4 Å². The van der Waals surface area contributed by atoms with Crippen LogP contribution >= 0.6 is 0 Å². The van der Waals surface area contributed by atoms with Gasteiger partial charge in [0.05, 0.1) is 17.7 Å². The zero-order chi connectivity index (χ0) is 21.5. The van der Waals surface area contributed by atoms with Crippen LogP contribution in [0.1, 0.15) is 55.5 Å². The van der Waals surface area contributed by atoms with E-state index >= 15 is 0 Å². The van der Waals surface area contributed by atoms with E-state index < -0.39 is 0 Å². The van der Waals surface area contributed by atoms with Crippen LogP contribution in [0, 0.1) is 0 Å². The zero-order valence-corrected chi connectivity index (χ0v) is 17.1. The van der Waals surface area contributed by atoms with Crippen molar-refractivity contribution in [2.75, 3.05) is 4.90 Å². The number of rotatable bonds is 3. The minimum Gasteiger partial charge on any atom is -0.305 e. The molecule has 0 N–H and O–H groups in total. The van der Waals surface area contributed by atoms with Crippen LogP contribution in [0.2, 0.25) is 0 Å². The second kappa shape index (κ2) is 7.47. The molecule has 2 aliphatic heterocycles. The van der Waals surface area contributed by atoms with E-state index in [1.54, 1.807) is 47.6 Å². The molecule has 0 fully saturated rings. The van der Waals surface area contributed by atoms with Gasteiger partial charge >= 0.3 is 0 Å². The summed E-state index contributed by atoms with van der Waals surface area (Å²) in [5, 5.41) is 0. The summed E-state index contributed by atoms with van der Waals surface area (Å²) < 4.78 is 0. The van der Waals surface area contributed by atoms with Crippen LogP contribution in [0.15, 0.2) is 67.0 Å². The Morgan fingerprint density at radius 3 is 2.55 bits per heavy atom. The first kappa shape index (κ1) is 19.2. The lowest BCUT2D eigenvalue weighted by Crippen LogP contribution is -2.42. The van der Waals surface area contributed by atoms with Crippen molar-refractivity contribution in [2.24, 2.45) is 0 Å². The Morgan fingerprint density at radius 2 is 1.74 bits per heavy atom. The van der Waals surface area contributed by atoms with Crippen molar-refractivity contribution in [3.63, 3.8) is 0 Å². The fourth-order valence-corrected chi connectivity index (χ4v) is 4.37. The fourth-order valence-electron chi connectivity index (χ4n) is 4.37. The third-order valence-corrected chi connectivity index (χ3v) is 6.05. The van der Waals surface area contributed by atoms with Gasteiger partial charge in [-0.25, -0.2) is 0 Å². The molecule has 0 radical (unpaired) electrons. The molecule has 1 atom stereocenters. The van der Waals surface area contributed by atoms with E-state index in [1.165, 1.54) is 4.90 Å². The molecule has 2 aromatic carbocycles. The van der Waals surface area contributed by atoms with Crippen molar-refractivity contribution in [3.05, 3.63) is 94.8 Å². The number of nitrogens with zero attached hydrogens (tertiary/aromatic N) is 3. The minimum atomic E-state index is -0.376. The molecule has 3 amide bonds. The zero-order valence-electron chi connectivity index (χ0n) is 17.1. The van der Waals surface area contributed by atoms with Crippen molar-refractivity contribution in [1.29, 1.82) is 0 Å². The van der Waals surface area contributed by atoms with E-state index in [9.17, 15) is 14.4 Å². The molecular weight excluding hydrogens is 390 g/mol. The highest BCUT2D eigenvalue weighted by atomic mass is 16.2. The van der Waals surface area contributed by atoms with Crippen molar-refractivity contribution in [1.82, 2.24) is 9.88 Å². The quantitative estimate of drug-likeness (QED) is 0.614. The maximum Gasteiger partial charge on any atom is 0.261 e. The fraction of sp³-hybridized carbons (Fsp3) is 0.200. The maximum atomic E-state index is 13.4. The number of hydrogen-bond acceptors (Lipinski definition) is 4. The van der Waals surface area contributed by atoms with Crippen LogP contribution in [0.25, 0.3) is 0 Å². The first-order valence-corrected chi connectivity index (χ1v) is 10.3. The second-order valence-electron chi connectivity index (χ2n) is 8.00. The van der Waals surface area contributed by atoms with E-state index in [0.29, 0.717) is 11.1 Å². The van der Waals surface area contributed by atoms with Crippen molar-refractivity contribution in [3.8, 4) is 0 Å². The Bertz CT molecular complexity index is 1210. The van der Waals surface area contributed by atoms with Crippen LogP contribution in [0.4, 0.5) is 5.69 Å². The molecule has 0 aliphatic carbocycles. The predicted molar refractivity (Wildman–Crippen MR) is 116 cm³/mol. The molecule has 5 rings (SSSR count). The van der Waals surface area contributed by atoms with Crippen LogP contribution in [-0.2, 0) is 13.0 Å². The number of amides is 3. The topological polar surface area (TPSA) is 70.6 Å². The number of pyridine rings is 1. The number of aromatic nitrogens is 1. The molecule has 2 aliphatic rings. The van der Waals surface area contributed by atoms with Gasteiger partial charge in [0.25, 0.3) is 17.7 Å². The summed E-state index contributed by atoms with van der Waals surface area (Å²) in [4.78, 5) is 46.2. The van der Waals surface area contributed by atoms with Gasteiger partial charge in [0.15, 0.2) is 0 Å². The Labute approximate surface area is 180 Å². The molecule has 1 aromatic heterocycles. The molecule has 0 bridgehead atoms. The molecule has 154 valence electrons. The number of benzene rings is 2. The third-order valence-electron chi connectivity index (χ3n) is 6.05. The van der Waals surface area contributed by atoms with E-state index in [0.717, 1.165) is 29.7 Å². The summed E-state index contributed by atoms with van der Waals surface area (Å²) >= 11 is 0. The van der Waals surface area contributed by atoms with Crippen LogP contribution < -0.4 is 4.90 Å². The largest absolute Gasteiger partial charge is 0.305 e. The SMILES string of the molecule is C[C@@H]1CCc2ccccc2N1C(=O)c1ccc2c(c1)C(=O)N(Cc1ccncc1)C2=O. The lowest BCUT2D eigenvalue weighted by molar-refractivity contribution is 0.0642. The van der Waals surface area contributed by atoms with E-state index in [2.05, 4.69) is 4.98 Å². The second-order valence-corrected chi connectivity index (χ2v) is 8.00. The van der Waals surface area contributed by atoms with Crippen LogP contribution in [-0.4, -0.2) is 33.6 Å². The smallest absolute Gasteiger partial charge is 0.261 e. The number of hydrogen-bond donors (Lipinski definition) is 0. The maximum absolute atomic E-state index is 13.4. The first-order chi connectivity index (χ1) is 15.0. The van der Waals surface area contributed by atoms with Crippen LogP contribution in [0.5, 0.6) is 0 Å². The summed E-state index contributed by atoms with van der Waals surface area (Å²) in [6.07, 6.45) is 5.07. The van der Waals surface area contributed by atoms with Gasteiger partial charge in [-0.05, 0) is 67.3 Å². The van der Waals surface area contributed by atoms with Crippen molar-refractivity contribution >= 4 is 23.4 Å². The lowest BCUT2D eigenvalue weighted by Gasteiger charge is -2.35. The van der Waals surface area contributed by atoms with Gasteiger partial charge in [0.2, 0.25) is 0 Å². The highest BCUT2D eigenvalue weighted by Gasteiger charge is 2.37. The van der Waals surface area contributed by atoms with E-state index in [-0.39, 0.29) is 35.9 Å². The van der Waals surface area contributed by atoms with Crippen molar-refractivity contribution in [2.45, 2.75) is 32.4 Å². The van der Waals surface area contributed by atoms with E-state index in [1.807, 2.05) is 31.2 Å². The molecule has 3 aromatic rings. The molecule has 0 spiro atoms. The average Bonchev–Trinajstić information content (AvgIpc) is 3.03. The molecule has 0 saturated heterocycles. The number of para-hydroxylation sites is 1. The molecule has 0 unspecified atom stereocenters. The molecule has 31 heavy (non-hydrogen) atoms. The van der Waals surface area contributed by atoms with Gasteiger partial charge < -0.3 is 4.90 Å². The minimum absolute atomic E-state index is 0.0520. The van der Waals surface area contributed by atoms with Gasteiger partial charge in [-0.3, -0.25) is 24.3 Å². The number of carbonyl (C=O) groups excluding carboxylic acids is 3. The number of anilines is 1. The Hall–Kier alpha value is -3.80. The van der Waals surface area contributed by atoms with Gasteiger partial charge in [0.1, 0.15) is 0 Å². The molecule has 0 saturated carbocycles. The highest BCUT2D eigenvalue weighted by molar-refractivity contribution is 6.22. The third kappa shape index (κ3) is 3.20. The molecular formula is C25H21N3O3. The lowest BCUT2D eigenvalue weighted by atomic mass is 9.95. The predicted octanol–water partition coefficient (Wildman–Crippen LogP) is 3.86. The number of fused-ring (bicyclic) bond motifs is 2. The van der Waals surface area contributed by atoms with Gasteiger partial charge in [0, 0.05) is 29.7 Å². The highest BCUT2D eigenvalue weighted by Crippen LogP contribution is 2.33. The summed E-state index contributed by atoms with van der Waals surface area (Å²) in [6.45, 7) is 2.21. The van der Waals surface area contributed by atoms with E-state index in [4.69, 9.17) is 0 Å². The normalized spacial score (nSPS) is 17.5. The van der Waals surface area contributed by atoms with Crippen LogP contribution in [0.3, 0.4) is 0 Å². The molecule has 3 heterocycles. The number of imide groups is 1. The van der Waals surface area contributed by atoms with Gasteiger partial charge in [-0.1, -0.05) is 18.2 Å². The summed E-state index contributed by atoms with van der Waals surface area (Å²) in [7, 11) is 0. The van der Waals surface area contributed by atoms with Gasteiger partial charge in [-0.15, -0.1) is 0 Å². The van der Waals surface area contributed by atoms with Gasteiger partial charge in [-0.2, -0.15) is 0 Å². The first-order valence-electron chi connectivity index (χ1n) is 10.3. The Kier molecular flexibility index (Phi) is 4.62. The Morgan fingerprint density at radius 1 is 1.00 bits per heavy atom. The molecule has 6 heteroatoms. The monoisotopic (exact) mass is 411 g/mol. The number of carbonyl (C=O) groups is 3. The average molecular weight is 411 g/mol. The summed E-state index contributed by atoms with van der Waals surface area (Å²) in [6, 6.07) is 16.3.